The molecule has 3 nitrogen and oxygen atoms in total. The zero-order valence-electron chi connectivity index (χ0n) is 14.3. The molecule has 1 saturated heterocycles. The van der Waals surface area contributed by atoms with Gasteiger partial charge in [-0.2, -0.15) is 0 Å². The van der Waals surface area contributed by atoms with Gasteiger partial charge in [-0.05, 0) is 63.6 Å². The van der Waals surface area contributed by atoms with Crippen LogP contribution in [-0.4, -0.2) is 36.0 Å². The Hall–Kier alpha value is -1.35. The molecule has 126 valence electrons. The van der Waals surface area contributed by atoms with Crippen LogP contribution in [0.1, 0.15) is 51.0 Å². The van der Waals surface area contributed by atoms with E-state index in [0.29, 0.717) is 6.04 Å². The standard InChI is InChI=1S/C20H30N2O/c1-16(20(23)21-19-9-5-6-10-19)22-13-11-18(12-14-22)15-17-7-3-2-4-8-17/h2-4,7-8,16,18-19H,5-6,9-15H2,1H3,(H,21,23)/t16-/m0/s1. The zero-order chi connectivity index (χ0) is 16.1. The van der Waals surface area contributed by atoms with Gasteiger partial charge < -0.3 is 5.32 Å². The van der Waals surface area contributed by atoms with E-state index < -0.39 is 0 Å². The number of nitrogens with zero attached hydrogens (tertiary/aromatic N) is 1. The van der Waals surface area contributed by atoms with Gasteiger partial charge in [0.2, 0.25) is 5.91 Å². The molecule has 23 heavy (non-hydrogen) atoms. The quantitative estimate of drug-likeness (QED) is 0.903. The molecule has 1 atom stereocenters. The molecule has 1 aliphatic carbocycles. The van der Waals surface area contributed by atoms with Crippen molar-refractivity contribution in [2.45, 2.75) is 64.0 Å². The zero-order valence-corrected chi connectivity index (χ0v) is 14.3. The molecule has 0 aromatic heterocycles. The number of hydrogen-bond donors (Lipinski definition) is 1. The van der Waals surface area contributed by atoms with Crippen molar-refractivity contribution in [1.29, 1.82) is 0 Å². The Morgan fingerprint density at radius 2 is 1.78 bits per heavy atom. The van der Waals surface area contributed by atoms with Gasteiger partial charge in [0.15, 0.2) is 0 Å². The molecule has 0 bridgehead atoms. The summed E-state index contributed by atoms with van der Waals surface area (Å²) in [6, 6.07) is 11.2. The lowest BCUT2D eigenvalue weighted by molar-refractivity contribution is -0.127. The van der Waals surface area contributed by atoms with E-state index in [2.05, 4.69) is 47.5 Å². The molecular formula is C20H30N2O. The molecule has 1 heterocycles. The number of carbonyl (C=O) groups is 1. The second-order valence-corrected chi connectivity index (χ2v) is 7.34. The Kier molecular flexibility index (Phi) is 5.71. The summed E-state index contributed by atoms with van der Waals surface area (Å²) in [5.74, 6) is 0.997. The van der Waals surface area contributed by atoms with Crippen LogP contribution in [0, 0.1) is 5.92 Å². The van der Waals surface area contributed by atoms with Gasteiger partial charge in [0.1, 0.15) is 0 Å². The SMILES string of the molecule is C[C@@H](C(=O)NC1CCCC1)N1CCC(Cc2ccccc2)CC1. The van der Waals surface area contributed by atoms with Gasteiger partial charge in [-0.3, -0.25) is 9.69 Å². The summed E-state index contributed by atoms with van der Waals surface area (Å²) in [5.41, 5.74) is 1.44. The van der Waals surface area contributed by atoms with Crippen molar-refractivity contribution in [3.05, 3.63) is 35.9 Å². The van der Waals surface area contributed by atoms with Gasteiger partial charge in [0, 0.05) is 6.04 Å². The molecule has 3 heteroatoms. The highest BCUT2D eigenvalue weighted by molar-refractivity contribution is 5.81. The van der Waals surface area contributed by atoms with Gasteiger partial charge in [0.25, 0.3) is 0 Å². The van der Waals surface area contributed by atoms with Crippen LogP contribution in [0.3, 0.4) is 0 Å². The lowest BCUT2D eigenvalue weighted by Crippen LogP contribution is -2.50. The molecule has 1 aromatic rings. The first-order valence-electron chi connectivity index (χ1n) is 9.30. The third kappa shape index (κ3) is 4.57. The van der Waals surface area contributed by atoms with Gasteiger partial charge >= 0.3 is 0 Å². The highest BCUT2D eigenvalue weighted by atomic mass is 16.2. The number of hydrogen-bond acceptors (Lipinski definition) is 2. The minimum atomic E-state index is 0.0216. The van der Waals surface area contributed by atoms with Crippen molar-refractivity contribution in [2.75, 3.05) is 13.1 Å². The van der Waals surface area contributed by atoms with Crippen molar-refractivity contribution in [2.24, 2.45) is 5.92 Å². The molecule has 1 N–H and O–H groups in total. The van der Waals surface area contributed by atoms with Crippen LogP contribution in [0.15, 0.2) is 30.3 Å². The van der Waals surface area contributed by atoms with Crippen LogP contribution in [0.2, 0.25) is 0 Å². The highest BCUT2D eigenvalue weighted by Gasteiger charge is 2.28. The fraction of sp³-hybridized carbons (Fsp3) is 0.650. The van der Waals surface area contributed by atoms with E-state index in [4.69, 9.17) is 0 Å². The number of carbonyl (C=O) groups excluding carboxylic acids is 1. The topological polar surface area (TPSA) is 32.3 Å². The summed E-state index contributed by atoms with van der Waals surface area (Å²) in [6.45, 7) is 4.18. The van der Waals surface area contributed by atoms with E-state index in [9.17, 15) is 4.79 Å². The van der Waals surface area contributed by atoms with E-state index in [1.807, 2.05) is 0 Å². The summed E-state index contributed by atoms with van der Waals surface area (Å²) in [4.78, 5) is 14.8. The molecule has 0 spiro atoms. The third-order valence-corrected chi connectivity index (χ3v) is 5.65. The summed E-state index contributed by atoms with van der Waals surface area (Å²) in [5, 5.41) is 3.25. The van der Waals surface area contributed by atoms with Crippen molar-refractivity contribution in [3.8, 4) is 0 Å². The Bertz CT molecular complexity index is 488. The monoisotopic (exact) mass is 314 g/mol. The summed E-state index contributed by atoms with van der Waals surface area (Å²) in [6.07, 6.45) is 8.45. The molecular weight excluding hydrogens is 284 g/mol. The maximum absolute atomic E-state index is 12.4. The number of piperidine rings is 1. The molecule has 1 aromatic carbocycles. The van der Waals surface area contributed by atoms with Crippen molar-refractivity contribution >= 4 is 5.91 Å². The minimum Gasteiger partial charge on any atom is -0.352 e. The number of likely N-dealkylation sites (tertiary alicyclic amines) is 1. The van der Waals surface area contributed by atoms with Crippen LogP contribution in [-0.2, 0) is 11.2 Å². The second-order valence-electron chi connectivity index (χ2n) is 7.34. The van der Waals surface area contributed by atoms with Crippen molar-refractivity contribution in [3.63, 3.8) is 0 Å². The lowest BCUT2D eigenvalue weighted by Gasteiger charge is -2.35. The van der Waals surface area contributed by atoms with E-state index in [1.54, 1.807) is 0 Å². The molecule has 1 amide bonds. The van der Waals surface area contributed by atoms with Crippen LogP contribution in [0.5, 0.6) is 0 Å². The fourth-order valence-electron chi connectivity index (χ4n) is 4.05. The molecule has 0 radical (unpaired) electrons. The maximum atomic E-state index is 12.4. The van der Waals surface area contributed by atoms with Crippen LogP contribution in [0.4, 0.5) is 0 Å². The molecule has 1 aliphatic heterocycles. The predicted octanol–water partition coefficient (Wildman–Crippen LogP) is 3.39. The van der Waals surface area contributed by atoms with Crippen LogP contribution < -0.4 is 5.32 Å². The van der Waals surface area contributed by atoms with Gasteiger partial charge in [-0.1, -0.05) is 43.2 Å². The number of rotatable bonds is 5. The average Bonchev–Trinajstić information content (AvgIpc) is 3.09. The Morgan fingerprint density at radius 1 is 1.13 bits per heavy atom. The first-order chi connectivity index (χ1) is 11.2. The van der Waals surface area contributed by atoms with Crippen molar-refractivity contribution < 1.29 is 4.79 Å². The predicted molar refractivity (Wildman–Crippen MR) is 94.3 cm³/mol. The summed E-state index contributed by atoms with van der Waals surface area (Å²) in [7, 11) is 0. The smallest absolute Gasteiger partial charge is 0.237 e. The number of benzene rings is 1. The molecule has 2 fully saturated rings. The maximum Gasteiger partial charge on any atom is 0.237 e. The second kappa shape index (κ2) is 7.96. The van der Waals surface area contributed by atoms with Gasteiger partial charge in [-0.25, -0.2) is 0 Å². The molecule has 0 unspecified atom stereocenters. The van der Waals surface area contributed by atoms with Gasteiger partial charge in [-0.15, -0.1) is 0 Å². The third-order valence-electron chi connectivity index (χ3n) is 5.65. The Balaban J connectivity index is 1.43. The largest absolute Gasteiger partial charge is 0.352 e. The van der Waals surface area contributed by atoms with E-state index in [0.717, 1.165) is 31.8 Å². The molecule has 3 rings (SSSR count). The number of nitrogens with one attached hydrogen (secondary N) is 1. The fourth-order valence-corrected chi connectivity index (χ4v) is 4.05. The first kappa shape index (κ1) is 16.5. The van der Waals surface area contributed by atoms with E-state index in [1.165, 1.54) is 37.7 Å². The Morgan fingerprint density at radius 3 is 2.43 bits per heavy atom. The molecule has 2 aliphatic rings. The Labute approximate surface area is 140 Å². The lowest BCUT2D eigenvalue weighted by atomic mass is 9.89. The number of amides is 1. The van der Waals surface area contributed by atoms with Gasteiger partial charge in [0.05, 0.1) is 6.04 Å². The average molecular weight is 314 g/mol. The first-order valence-corrected chi connectivity index (χ1v) is 9.30. The van der Waals surface area contributed by atoms with E-state index >= 15 is 0 Å². The van der Waals surface area contributed by atoms with Crippen LogP contribution >= 0.6 is 0 Å². The summed E-state index contributed by atoms with van der Waals surface area (Å²) < 4.78 is 0. The van der Waals surface area contributed by atoms with Crippen LogP contribution in [0.25, 0.3) is 0 Å². The summed E-state index contributed by atoms with van der Waals surface area (Å²) >= 11 is 0. The van der Waals surface area contributed by atoms with Crippen molar-refractivity contribution in [1.82, 2.24) is 10.2 Å². The molecule has 1 saturated carbocycles. The van der Waals surface area contributed by atoms with E-state index in [-0.39, 0.29) is 11.9 Å². The normalized spacial score (nSPS) is 22.1. The highest BCUT2D eigenvalue weighted by Crippen LogP contribution is 2.23. The minimum absolute atomic E-state index is 0.0216.